The largest absolute Gasteiger partial charge is 0.490 e. The quantitative estimate of drug-likeness (QED) is 0.783. The van der Waals surface area contributed by atoms with Gasteiger partial charge < -0.3 is 9.84 Å². The van der Waals surface area contributed by atoms with Gasteiger partial charge in [0.1, 0.15) is 24.5 Å². The molecule has 4 heteroatoms. The summed E-state index contributed by atoms with van der Waals surface area (Å²) in [5.74, 6) is -0.286. The van der Waals surface area contributed by atoms with Gasteiger partial charge >= 0.3 is 0 Å². The molecule has 1 aromatic carbocycles. The van der Waals surface area contributed by atoms with Crippen LogP contribution < -0.4 is 4.74 Å². The van der Waals surface area contributed by atoms with Gasteiger partial charge in [0.15, 0.2) is 0 Å². The van der Waals surface area contributed by atoms with Gasteiger partial charge in [-0.15, -0.1) is 0 Å². The highest BCUT2D eigenvalue weighted by Gasteiger charge is 2.18. The van der Waals surface area contributed by atoms with Gasteiger partial charge in [0.05, 0.1) is 5.60 Å². The van der Waals surface area contributed by atoms with E-state index in [-0.39, 0.29) is 17.9 Å². The van der Waals surface area contributed by atoms with Gasteiger partial charge in [0, 0.05) is 11.6 Å². The molecule has 0 aliphatic carbocycles. The Bertz CT molecular complexity index is 375. The molecule has 0 spiro atoms. The van der Waals surface area contributed by atoms with E-state index >= 15 is 0 Å². The molecular weight excluding hydrogens is 211 g/mol. The maximum absolute atomic E-state index is 13.0. The van der Waals surface area contributed by atoms with Crippen molar-refractivity contribution in [1.82, 2.24) is 0 Å². The van der Waals surface area contributed by atoms with Crippen molar-refractivity contribution in [3.05, 3.63) is 29.6 Å². The van der Waals surface area contributed by atoms with Gasteiger partial charge in [0.25, 0.3) is 0 Å². The summed E-state index contributed by atoms with van der Waals surface area (Å²) < 4.78 is 18.3. The van der Waals surface area contributed by atoms with Crippen molar-refractivity contribution in [2.24, 2.45) is 0 Å². The fourth-order valence-corrected chi connectivity index (χ4v) is 1.08. The monoisotopic (exact) mass is 226 g/mol. The van der Waals surface area contributed by atoms with Gasteiger partial charge in [-0.2, -0.15) is 0 Å². The molecule has 0 aliphatic rings. The molecule has 0 saturated carbocycles. The lowest BCUT2D eigenvalue weighted by Gasteiger charge is -2.21. The second-order valence-electron chi connectivity index (χ2n) is 3.98. The van der Waals surface area contributed by atoms with E-state index in [0.29, 0.717) is 12.7 Å². The van der Waals surface area contributed by atoms with Crippen molar-refractivity contribution in [3.8, 4) is 5.75 Å². The summed E-state index contributed by atoms with van der Waals surface area (Å²) >= 11 is 0. The Hall–Kier alpha value is -1.42. The fourth-order valence-electron chi connectivity index (χ4n) is 1.08. The predicted molar refractivity (Wildman–Crippen MR) is 58.2 cm³/mol. The molecule has 0 saturated heterocycles. The highest BCUT2D eigenvalue weighted by Crippen LogP contribution is 2.18. The number of halogens is 1. The number of ether oxygens (including phenoxy) is 1. The first-order chi connectivity index (χ1) is 7.46. The SMILES string of the molecule is CCC(C)(O)COc1cc(F)cc(C=O)c1. The van der Waals surface area contributed by atoms with Crippen LogP contribution in [0.5, 0.6) is 5.75 Å². The topological polar surface area (TPSA) is 46.5 Å². The molecule has 1 aromatic rings. The van der Waals surface area contributed by atoms with E-state index in [1.165, 1.54) is 12.1 Å². The molecule has 0 radical (unpaired) electrons. The molecule has 3 nitrogen and oxygen atoms in total. The molecule has 16 heavy (non-hydrogen) atoms. The van der Waals surface area contributed by atoms with Gasteiger partial charge in [-0.3, -0.25) is 4.79 Å². The van der Waals surface area contributed by atoms with E-state index in [1.807, 2.05) is 6.92 Å². The first-order valence-corrected chi connectivity index (χ1v) is 5.08. The van der Waals surface area contributed by atoms with Crippen molar-refractivity contribution in [1.29, 1.82) is 0 Å². The molecule has 1 rings (SSSR count). The first kappa shape index (κ1) is 12.6. The minimum atomic E-state index is -0.951. The fraction of sp³-hybridized carbons (Fsp3) is 0.417. The molecule has 0 fully saturated rings. The number of aldehydes is 1. The Morgan fingerprint density at radius 1 is 1.50 bits per heavy atom. The average molecular weight is 226 g/mol. The lowest BCUT2D eigenvalue weighted by atomic mass is 10.1. The standard InChI is InChI=1S/C12H15FO3/c1-3-12(2,15)8-16-11-5-9(7-14)4-10(13)6-11/h4-7,15H,3,8H2,1-2H3. The summed E-state index contributed by atoms with van der Waals surface area (Å²) in [6, 6.07) is 3.73. The Kier molecular flexibility index (Phi) is 4.01. The Balaban J connectivity index is 2.74. The third-order valence-corrected chi connectivity index (χ3v) is 2.34. The van der Waals surface area contributed by atoms with E-state index in [2.05, 4.69) is 0 Å². The van der Waals surface area contributed by atoms with Crippen LogP contribution in [-0.2, 0) is 0 Å². The van der Waals surface area contributed by atoms with Gasteiger partial charge in [-0.1, -0.05) is 6.92 Å². The number of aliphatic hydroxyl groups is 1. The maximum Gasteiger partial charge on any atom is 0.150 e. The molecule has 1 atom stereocenters. The molecule has 0 bridgehead atoms. The summed E-state index contributed by atoms with van der Waals surface area (Å²) in [5.41, 5.74) is -0.737. The summed E-state index contributed by atoms with van der Waals surface area (Å²) in [4.78, 5) is 10.5. The van der Waals surface area contributed by atoms with Crippen LogP contribution in [0.25, 0.3) is 0 Å². The van der Waals surface area contributed by atoms with E-state index in [4.69, 9.17) is 4.74 Å². The van der Waals surface area contributed by atoms with Crippen LogP contribution in [0, 0.1) is 5.82 Å². The molecule has 1 unspecified atom stereocenters. The van der Waals surface area contributed by atoms with Crippen LogP contribution in [0.3, 0.4) is 0 Å². The van der Waals surface area contributed by atoms with Crippen LogP contribution in [-0.4, -0.2) is 23.6 Å². The predicted octanol–water partition coefficient (Wildman–Crippen LogP) is 2.18. The lowest BCUT2D eigenvalue weighted by Crippen LogP contribution is -2.31. The van der Waals surface area contributed by atoms with E-state index in [0.717, 1.165) is 6.07 Å². The number of rotatable bonds is 5. The summed E-state index contributed by atoms with van der Waals surface area (Å²) in [5, 5.41) is 9.69. The van der Waals surface area contributed by atoms with Crippen LogP contribution in [0.1, 0.15) is 30.6 Å². The van der Waals surface area contributed by atoms with Crippen molar-refractivity contribution in [3.63, 3.8) is 0 Å². The molecule has 0 aliphatic heterocycles. The Morgan fingerprint density at radius 3 is 2.75 bits per heavy atom. The third-order valence-electron chi connectivity index (χ3n) is 2.34. The molecule has 1 N–H and O–H groups in total. The van der Waals surface area contributed by atoms with Crippen molar-refractivity contribution in [2.45, 2.75) is 25.9 Å². The highest BCUT2D eigenvalue weighted by atomic mass is 19.1. The van der Waals surface area contributed by atoms with Crippen LogP contribution in [0.4, 0.5) is 4.39 Å². The van der Waals surface area contributed by atoms with Crippen LogP contribution in [0.2, 0.25) is 0 Å². The Labute approximate surface area is 93.9 Å². The second kappa shape index (κ2) is 5.07. The number of benzene rings is 1. The zero-order valence-electron chi connectivity index (χ0n) is 9.37. The van der Waals surface area contributed by atoms with Crippen LogP contribution in [0.15, 0.2) is 18.2 Å². The van der Waals surface area contributed by atoms with Gasteiger partial charge in [0.2, 0.25) is 0 Å². The van der Waals surface area contributed by atoms with E-state index < -0.39 is 11.4 Å². The minimum Gasteiger partial charge on any atom is -0.490 e. The third kappa shape index (κ3) is 3.62. The molecule has 88 valence electrons. The van der Waals surface area contributed by atoms with Crippen molar-refractivity contribution < 1.29 is 19.0 Å². The van der Waals surface area contributed by atoms with E-state index in [1.54, 1.807) is 6.92 Å². The average Bonchev–Trinajstić information content (AvgIpc) is 2.26. The van der Waals surface area contributed by atoms with Crippen LogP contribution >= 0.6 is 0 Å². The Morgan fingerprint density at radius 2 is 2.19 bits per heavy atom. The van der Waals surface area contributed by atoms with Crippen molar-refractivity contribution in [2.75, 3.05) is 6.61 Å². The summed E-state index contributed by atoms with van der Waals surface area (Å²) in [6.45, 7) is 3.52. The smallest absolute Gasteiger partial charge is 0.150 e. The number of hydrogen-bond donors (Lipinski definition) is 1. The highest BCUT2D eigenvalue weighted by molar-refractivity contribution is 5.75. The second-order valence-corrected chi connectivity index (χ2v) is 3.98. The molecule has 0 aromatic heterocycles. The summed E-state index contributed by atoms with van der Waals surface area (Å²) in [6.07, 6.45) is 1.08. The first-order valence-electron chi connectivity index (χ1n) is 5.08. The minimum absolute atomic E-state index is 0.0608. The maximum atomic E-state index is 13.0. The summed E-state index contributed by atoms with van der Waals surface area (Å²) in [7, 11) is 0. The van der Waals surface area contributed by atoms with Gasteiger partial charge in [-0.25, -0.2) is 4.39 Å². The lowest BCUT2D eigenvalue weighted by molar-refractivity contribution is 0.00836. The zero-order valence-corrected chi connectivity index (χ0v) is 9.37. The molecule has 0 amide bonds. The molecular formula is C12H15FO3. The van der Waals surface area contributed by atoms with Crippen molar-refractivity contribution >= 4 is 6.29 Å². The number of carbonyl (C=O) groups is 1. The number of carbonyl (C=O) groups excluding carboxylic acids is 1. The van der Waals surface area contributed by atoms with E-state index in [9.17, 15) is 14.3 Å². The number of hydrogen-bond acceptors (Lipinski definition) is 3. The normalized spacial score (nSPS) is 14.2. The molecule has 0 heterocycles. The zero-order chi connectivity index (χ0) is 12.2. The van der Waals surface area contributed by atoms with Gasteiger partial charge in [-0.05, 0) is 25.5 Å².